The molecule has 23 heavy (non-hydrogen) atoms. The van der Waals surface area contributed by atoms with Crippen molar-refractivity contribution < 1.29 is 9.53 Å². The largest absolute Gasteiger partial charge is 0.442 e. The first-order valence-corrected chi connectivity index (χ1v) is 8.43. The van der Waals surface area contributed by atoms with E-state index in [1.807, 2.05) is 28.9 Å². The lowest BCUT2D eigenvalue weighted by Gasteiger charge is -2.28. The van der Waals surface area contributed by atoms with Crippen molar-refractivity contribution in [2.24, 2.45) is 0 Å². The van der Waals surface area contributed by atoms with Gasteiger partial charge in [-0.2, -0.15) is 0 Å². The van der Waals surface area contributed by atoms with Gasteiger partial charge < -0.3 is 15.0 Å². The fourth-order valence-corrected chi connectivity index (χ4v) is 3.16. The fourth-order valence-electron chi connectivity index (χ4n) is 2.29. The Morgan fingerprint density at radius 2 is 2.04 bits per heavy atom. The Bertz CT molecular complexity index is 609. The molecule has 1 saturated heterocycles. The van der Waals surface area contributed by atoms with Crippen molar-refractivity contribution in [3.63, 3.8) is 0 Å². The molecule has 124 valence electrons. The zero-order chi connectivity index (χ0) is 17.0. The number of hydrogen-bond acceptors (Lipinski definition) is 4. The normalized spacial score (nSPS) is 15.5. The van der Waals surface area contributed by atoms with Gasteiger partial charge in [-0.15, -0.1) is 0 Å². The summed E-state index contributed by atoms with van der Waals surface area (Å²) in [5.41, 5.74) is 0.840. The molecule has 0 aromatic heterocycles. The number of benzene rings is 1. The highest BCUT2D eigenvalue weighted by atomic mass is 35.5. The van der Waals surface area contributed by atoms with E-state index in [1.165, 1.54) is 6.92 Å². The van der Waals surface area contributed by atoms with E-state index >= 15 is 0 Å². The average Bonchev–Trinajstić information content (AvgIpc) is 2.88. The molecule has 2 rings (SSSR count). The Labute approximate surface area is 151 Å². The molecule has 1 aliphatic heterocycles. The Kier molecular flexibility index (Phi) is 6.15. The van der Waals surface area contributed by atoms with Crippen LogP contribution in [-0.4, -0.2) is 45.3 Å². The topological polar surface area (TPSA) is 44.8 Å². The third-order valence-corrected chi connectivity index (χ3v) is 4.41. The molecule has 1 N–H and O–H groups in total. The lowest BCUT2D eigenvalue weighted by molar-refractivity contribution is -0.152. The van der Waals surface area contributed by atoms with Gasteiger partial charge in [0.2, 0.25) is 0 Å². The number of carbonyl (C=O) groups is 1. The first-order chi connectivity index (χ1) is 10.9. The highest BCUT2D eigenvalue weighted by Crippen LogP contribution is 2.19. The van der Waals surface area contributed by atoms with Crippen molar-refractivity contribution in [3.8, 4) is 0 Å². The lowest BCUT2D eigenvalue weighted by Crippen LogP contribution is -2.43. The van der Waals surface area contributed by atoms with Gasteiger partial charge in [0.25, 0.3) is 0 Å². The predicted octanol–water partition coefficient (Wildman–Crippen LogP) is 3.24. The molecule has 0 radical (unpaired) electrons. The van der Waals surface area contributed by atoms with Gasteiger partial charge in [-0.25, -0.2) is 0 Å². The van der Waals surface area contributed by atoms with Crippen molar-refractivity contribution in [1.29, 1.82) is 0 Å². The monoisotopic (exact) mass is 371 g/mol. The van der Waals surface area contributed by atoms with Gasteiger partial charge >= 0.3 is 5.97 Å². The molecule has 0 spiro atoms. The van der Waals surface area contributed by atoms with E-state index in [-0.39, 0.29) is 12.2 Å². The Morgan fingerprint density at radius 1 is 1.39 bits per heavy atom. The molecule has 0 aliphatic carbocycles. The molecule has 5 nitrogen and oxygen atoms in total. The molecule has 1 aromatic rings. The summed E-state index contributed by atoms with van der Waals surface area (Å²) in [6.45, 7) is 4.65. The third kappa shape index (κ3) is 4.53. The van der Waals surface area contributed by atoms with E-state index in [0.29, 0.717) is 34.8 Å². The fraction of sp³-hybridized carbons (Fsp3) is 0.400. The first-order valence-electron chi connectivity index (χ1n) is 7.24. The van der Waals surface area contributed by atoms with Crippen molar-refractivity contribution in [2.75, 3.05) is 18.4 Å². The van der Waals surface area contributed by atoms with Crippen molar-refractivity contribution in [1.82, 2.24) is 9.80 Å². The van der Waals surface area contributed by atoms with Crippen molar-refractivity contribution >= 4 is 57.9 Å². The maximum Gasteiger partial charge on any atom is 0.304 e. The maximum atomic E-state index is 11.2. The standard InChI is InChI=1S/C15H18ClN3O2S2/c1-3-13(21-10(2)20)18-8-9-19(15(18)23)14(22)17-12-6-4-11(16)5-7-12/h4-7,13H,3,8-9H2,1-2H3,(H,17,22). The Balaban J connectivity index is 2.01. The molecule has 1 aliphatic rings. The Hall–Kier alpha value is -1.44. The summed E-state index contributed by atoms with van der Waals surface area (Å²) in [4.78, 5) is 14.9. The zero-order valence-corrected chi connectivity index (χ0v) is 15.3. The summed E-state index contributed by atoms with van der Waals surface area (Å²) >= 11 is 16.8. The lowest BCUT2D eigenvalue weighted by atomic mass is 10.3. The molecule has 1 heterocycles. The third-order valence-electron chi connectivity index (χ3n) is 3.38. The number of thiocarbonyl (C=S) groups is 2. The highest BCUT2D eigenvalue weighted by molar-refractivity contribution is 7.82. The molecule has 1 aromatic carbocycles. The van der Waals surface area contributed by atoms with E-state index in [1.54, 1.807) is 12.1 Å². The second-order valence-electron chi connectivity index (χ2n) is 5.04. The van der Waals surface area contributed by atoms with Crippen LogP contribution in [0, 0.1) is 0 Å². The summed E-state index contributed by atoms with van der Waals surface area (Å²) in [5.74, 6) is -0.319. The van der Waals surface area contributed by atoms with Gasteiger partial charge in [0, 0.05) is 37.1 Å². The quantitative estimate of drug-likeness (QED) is 0.643. The number of nitrogens with zero attached hydrogens (tertiary/aromatic N) is 2. The van der Waals surface area contributed by atoms with Crippen LogP contribution in [0.2, 0.25) is 5.02 Å². The van der Waals surface area contributed by atoms with Gasteiger partial charge in [0.15, 0.2) is 16.5 Å². The van der Waals surface area contributed by atoms with Gasteiger partial charge in [0.1, 0.15) is 0 Å². The average molecular weight is 372 g/mol. The van der Waals surface area contributed by atoms with E-state index in [9.17, 15) is 4.79 Å². The van der Waals surface area contributed by atoms with E-state index in [2.05, 4.69) is 5.32 Å². The highest BCUT2D eigenvalue weighted by Gasteiger charge is 2.33. The smallest absolute Gasteiger partial charge is 0.304 e. The molecular formula is C15H18ClN3O2S2. The van der Waals surface area contributed by atoms with Crippen molar-refractivity contribution in [3.05, 3.63) is 29.3 Å². The summed E-state index contributed by atoms with van der Waals surface area (Å²) in [5, 5.41) is 4.87. The number of rotatable bonds is 4. The van der Waals surface area contributed by atoms with Gasteiger partial charge in [-0.3, -0.25) is 9.69 Å². The summed E-state index contributed by atoms with van der Waals surface area (Å²) in [6, 6.07) is 7.27. The SMILES string of the molecule is CCC(OC(C)=O)N1CCN(C(=S)Nc2ccc(Cl)cc2)C1=S. The minimum absolute atomic E-state index is 0.319. The predicted molar refractivity (Wildman–Crippen MR) is 99.5 cm³/mol. The number of nitrogens with one attached hydrogen (secondary N) is 1. The van der Waals surface area contributed by atoms with Crippen LogP contribution in [0.5, 0.6) is 0 Å². The van der Waals surface area contributed by atoms with Crippen LogP contribution in [0.1, 0.15) is 20.3 Å². The number of carbonyl (C=O) groups excluding carboxylic acids is 1. The van der Waals surface area contributed by atoms with Crippen LogP contribution < -0.4 is 5.32 Å². The van der Waals surface area contributed by atoms with Gasteiger partial charge in [0.05, 0.1) is 0 Å². The number of halogens is 1. The molecule has 1 fully saturated rings. The molecule has 0 bridgehead atoms. The van der Waals surface area contributed by atoms with E-state index in [0.717, 1.165) is 5.69 Å². The number of hydrogen-bond donors (Lipinski definition) is 1. The van der Waals surface area contributed by atoms with Crippen LogP contribution in [0.25, 0.3) is 0 Å². The van der Waals surface area contributed by atoms with E-state index < -0.39 is 0 Å². The zero-order valence-electron chi connectivity index (χ0n) is 12.9. The van der Waals surface area contributed by atoms with Crippen LogP contribution in [0.4, 0.5) is 5.69 Å². The molecular weight excluding hydrogens is 354 g/mol. The molecule has 0 amide bonds. The van der Waals surface area contributed by atoms with Gasteiger partial charge in [-0.1, -0.05) is 18.5 Å². The summed E-state index contributed by atoms with van der Waals surface area (Å²) in [6.07, 6.45) is 0.300. The second-order valence-corrected chi connectivity index (χ2v) is 6.23. The first kappa shape index (κ1) is 17.9. The van der Waals surface area contributed by atoms with Crippen LogP contribution >= 0.6 is 36.0 Å². The van der Waals surface area contributed by atoms with Crippen molar-refractivity contribution in [2.45, 2.75) is 26.5 Å². The minimum Gasteiger partial charge on any atom is -0.442 e. The van der Waals surface area contributed by atoms with Crippen LogP contribution in [-0.2, 0) is 9.53 Å². The second kappa shape index (κ2) is 7.90. The maximum absolute atomic E-state index is 11.2. The summed E-state index contributed by atoms with van der Waals surface area (Å²) < 4.78 is 5.31. The number of ether oxygens (including phenoxy) is 1. The van der Waals surface area contributed by atoms with E-state index in [4.69, 9.17) is 40.8 Å². The number of esters is 1. The molecule has 8 heteroatoms. The van der Waals surface area contributed by atoms with Crippen LogP contribution in [0.15, 0.2) is 24.3 Å². The minimum atomic E-state index is -0.358. The molecule has 0 saturated carbocycles. The van der Waals surface area contributed by atoms with Gasteiger partial charge in [-0.05, 0) is 48.7 Å². The number of anilines is 1. The molecule has 1 atom stereocenters. The van der Waals surface area contributed by atoms with Crippen LogP contribution in [0.3, 0.4) is 0 Å². The Morgan fingerprint density at radius 3 is 2.61 bits per heavy atom. The summed E-state index contributed by atoms with van der Waals surface area (Å²) in [7, 11) is 0. The molecule has 1 unspecified atom stereocenters.